The molecule has 0 aliphatic rings. The molecule has 0 radical (unpaired) electrons. The van der Waals surface area contributed by atoms with Gasteiger partial charge in [-0.25, -0.2) is 0 Å². The van der Waals surface area contributed by atoms with E-state index in [4.69, 9.17) is 21.0 Å². The molecule has 0 aromatic rings. The van der Waals surface area contributed by atoms with Gasteiger partial charge in [0.25, 0.3) is 0 Å². The van der Waals surface area contributed by atoms with Crippen LogP contribution >= 0.6 is 0 Å². The summed E-state index contributed by atoms with van der Waals surface area (Å²) < 4.78 is 5.90. The Labute approximate surface area is 55.0 Å². The third-order valence-electron chi connectivity index (χ3n) is 0.474. The zero-order chi connectivity index (χ0) is 7.33. The fourth-order valence-corrected chi connectivity index (χ4v) is 0.868. The Balaban J connectivity index is 4.84. The van der Waals surface area contributed by atoms with Crippen LogP contribution in [0, 0.1) is 39.5 Å². The van der Waals surface area contributed by atoms with Gasteiger partial charge < -0.3 is 0 Å². The summed E-state index contributed by atoms with van der Waals surface area (Å²) in [5.41, 5.74) is 0. The van der Waals surface area contributed by atoms with E-state index in [1.54, 1.807) is 0 Å². The van der Waals surface area contributed by atoms with Crippen molar-refractivity contribution in [1.29, 1.82) is 21.0 Å². The van der Waals surface area contributed by atoms with Crippen LogP contribution in [0.4, 0.5) is 0 Å². The average molecular weight is 294 g/mol. The van der Waals surface area contributed by atoms with Crippen molar-refractivity contribution < 1.29 is 15.0 Å². The fraction of sp³-hybridized carbons (Fsp3) is 0. The minimum absolute atomic E-state index is 1.48. The fourth-order valence-electron chi connectivity index (χ4n) is 0.106. The van der Waals surface area contributed by atoms with Gasteiger partial charge in [0.2, 0.25) is 0 Å². The van der Waals surface area contributed by atoms with Gasteiger partial charge in [-0.1, -0.05) is 0 Å². The first-order valence-corrected chi connectivity index (χ1v) is 6.68. The molecule has 0 saturated carbocycles. The summed E-state index contributed by atoms with van der Waals surface area (Å²) in [6.07, 6.45) is 0. The van der Waals surface area contributed by atoms with E-state index < -0.39 is 15.0 Å². The Bertz CT molecular complexity index is 205. The molecule has 0 aromatic heterocycles. The van der Waals surface area contributed by atoms with E-state index in [0.29, 0.717) is 0 Å². The summed E-state index contributed by atoms with van der Waals surface area (Å²) >= 11 is -4.01. The van der Waals surface area contributed by atoms with Gasteiger partial charge in [-0.3, -0.25) is 0 Å². The summed E-state index contributed by atoms with van der Waals surface area (Å²) in [5.74, 6) is 0. The van der Waals surface area contributed by atoms with Crippen molar-refractivity contribution in [1.82, 2.24) is 0 Å². The molecule has 9 heavy (non-hydrogen) atoms. The molecular formula is C4N4Os. The summed E-state index contributed by atoms with van der Waals surface area (Å²) in [5, 5.41) is 32.6. The van der Waals surface area contributed by atoms with Gasteiger partial charge in [0.05, 0.1) is 0 Å². The monoisotopic (exact) mass is 296 g/mol. The third-order valence-corrected chi connectivity index (χ3v) is 3.88. The molecule has 0 fully saturated rings. The van der Waals surface area contributed by atoms with Gasteiger partial charge >= 0.3 is 54.6 Å². The summed E-state index contributed by atoms with van der Waals surface area (Å²) in [6.45, 7) is 0. The van der Waals surface area contributed by atoms with Crippen molar-refractivity contribution in [3.8, 4) is 18.5 Å². The molecule has 0 N–H and O–H groups in total. The van der Waals surface area contributed by atoms with Gasteiger partial charge in [-0.2, -0.15) is 0 Å². The zero-order valence-electron chi connectivity index (χ0n) is 4.14. The van der Waals surface area contributed by atoms with Crippen LogP contribution in [-0.2, 0) is 15.0 Å². The number of hydrogen-bond donors (Lipinski definition) is 0. The van der Waals surface area contributed by atoms with Crippen LogP contribution in [0.3, 0.4) is 0 Å². The summed E-state index contributed by atoms with van der Waals surface area (Å²) in [7, 11) is 0. The van der Waals surface area contributed by atoms with Crippen molar-refractivity contribution in [3.63, 3.8) is 0 Å². The number of rotatable bonds is 0. The number of hydrogen-bond acceptors (Lipinski definition) is 4. The second-order valence-corrected chi connectivity index (χ2v) is 6.93. The molecule has 5 heteroatoms. The molecule has 0 rings (SSSR count). The van der Waals surface area contributed by atoms with Crippen LogP contribution in [0.2, 0.25) is 0 Å². The van der Waals surface area contributed by atoms with Crippen LogP contribution in [0.5, 0.6) is 0 Å². The van der Waals surface area contributed by atoms with Crippen molar-refractivity contribution in [2.45, 2.75) is 0 Å². The Kier molecular flexibility index (Phi) is 2.36. The van der Waals surface area contributed by atoms with E-state index in [9.17, 15) is 0 Å². The Morgan fingerprint density at radius 2 is 0.889 bits per heavy atom. The molecule has 0 aliphatic carbocycles. The first-order valence-electron chi connectivity index (χ1n) is 1.60. The van der Waals surface area contributed by atoms with Crippen molar-refractivity contribution in [2.24, 2.45) is 0 Å². The number of nitriles is 4. The van der Waals surface area contributed by atoms with Crippen LogP contribution < -0.4 is 0 Å². The maximum absolute atomic E-state index is 8.15. The molecule has 0 heterocycles. The standard InChI is InChI=1S/4CN.Os/c4*1-2;. The topological polar surface area (TPSA) is 95.2 Å². The second-order valence-electron chi connectivity index (χ2n) is 0.847. The van der Waals surface area contributed by atoms with Crippen molar-refractivity contribution in [3.05, 3.63) is 0 Å². The summed E-state index contributed by atoms with van der Waals surface area (Å²) in [4.78, 5) is 0. The van der Waals surface area contributed by atoms with Gasteiger partial charge in [0.1, 0.15) is 0 Å². The van der Waals surface area contributed by atoms with E-state index in [1.165, 1.54) is 18.5 Å². The average Bonchev–Trinajstić information content (AvgIpc) is 1.95. The first kappa shape index (κ1) is 7.60. The molecule has 44 valence electrons. The Hall–Kier alpha value is -1.40. The van der Waals surface area contributed by atoms with Crippen molar-refractivity contribution >= 4 is 0 Å². The quantitative estimate of drug-likeness (QED) is 0.631. The second kappa shape index (κ2) is 2.80. The zero-order valence-corrected chi connectivity index (χ0v) is 6.68. The molecule has 0 amide bonds. The molecule has 0 atom stereocenters. The van der Waals surface area contributed by atoms with Crippen molar-refractivity contribution in [2.75, 3.05) is 0 Å². The SMILES string of the molecule is N#[C][Os]([C]#N)([C]#N)[C]#N. The molecule has 4 nitrogen and oxygen atoms in total. The third kappa shape index (κ3) is 1.24. The molecule has 0 spiro atoms. The molecule has 0 aromatic carbocycles. The van der Waals surface area contributed by atoms with Gasteiger partial charge in [0, 0.05) is 0 Å². The van der Waals surface area contributed by atoms with Gasteiger partial charge in [-0.15, -0.1) is 0 Å². The minimum atomic E-state index is -4.01. The van der Waals surface area contributed by atoms with Gasteiger partial charge in [0.15, 0.2) is 0 Å². The molecule has 0 unspecified atom stereocenters. The van der Waals surface area contributed by atoms with Gasteiger partial charge in [-0.05, 0) is 0 Å². The summed E-state index contributed by atoms with van der Waals surface area (Å²) in [6, 6.07) is 0. The number of nitrogens with zero attached hydrogens (tertiary/aromatic N) is 4. The normalized spacial score (nSPS) is 9.33. The van der Waals surface area contributed by atoms with Crippen LogP contribution in [0.1, 0.15) is 0 Å². The van der Waals surface area contributed by atoms with Crippen LogP contribution in [0.25, 0.3) is 0 Å². The molecule has 0 aliphatic heterocycles. The van der Waals surface area contributed by atoms with Crippen LogP contribution in [0.15, 0.2) is 0 Å². The van der Waals surface area contributed by atoms with E-state index in [0.717, 1.165) is 0 Å². The Morgan fingerprint density at radius 1 is 0.667 bits per heavy atom. The van der Waals surface area contributed by atoms with E-state index in [1.807, 2.05) is 0 Å². The Morgan fingerprint density at radius 3 is 0.889 bits per heavy atom. The molecular weight excluding hydrogens is 294 g/mol. The molecule has 0 saturated heterocycles. The maximum atomic E-state index is 8.15. The van der Waals surface area contributed by atoms with E-state index in [2.05, 4.69) is 0 Å². The predicted molar refractivity (Wildman–Crippen MR) is 22.5 cm³/mol. The van der Waals surface area contributed by atoms with Crippen LogP contribution in [-0.4, -0.2) is 0 Å². The first-order chi connectivity index (χ1) is 4.24. The molecule has 0 bridgehead atoms. The van der Waals surface area contributed by atoms with E-state index in [-0.39, 0.29) is 0 Å². The predicted octanol–water partition coefficient (Wildman–Crippen LogP) is 0.0646. The van der Waals surface area contributed by atoms with E-state index >= 15 is 0 Å².